The Morgan fingerprint density at radius 2 is 0.970 bits per heavy atom. The van der Waals surface area contributed by atoms with Crippen molar-refractivity contribution in [2.45, 2.75) is 109 Å². The molecular formula is C76H87N17O8. The molecule has 1 saturated heterocycles. The van der Waals surface area contributed by atoms with Crippen molar-refractivity contribution < 1.29 is 23.9 Å². The number of nitrogens with one attached hydrogen (secondary N) is 3. The van der Waals surface area contributed by atoms with Crippen LogP contribution in [0, 0.1) is 0 Å². The third kappa shape index (κ3) is 16.0. The molecule has 7 heterocycles. The summed E-state index contributed by atoms with van der Waals surface area (Å²) in [7, 11) is 10.1. The minimum absolute atomic E-state index is 0.0357. The second-order valence-corrected chi connectivity index (χ2v) is 26.4. The lowest BCUT2D eigenvalue weighted by molar-refractivity contribution is 0.0514. The number of carbonyl (C=O) groups excluding carboxylic acids is 3. The minimum Gasteiger partial charge on any atom is -0.462 e. The molecule has 25 nitrogen and oxygen atoms in total. The number of piperazine rings is 1. The Morgan fingerprint density at radius 1 is 0.505 bits per heavy atom. The Morgan fingerprint density at radius 3 is 1.48 bits per heavy atom. The van der Waals surface area contributed by atoms with Crippen LogP contribution in [-0.4, -0.2) is 141 Å². The number of fused-ring (bicyclic) bond motifs is 4. The van der Waals surface area contributed by atoms with Gasteiger partial charge in [0.15, 0.2) is 5.65 Å². The van der Waals surface area contributed by atoms with E-state index in [1.807, 2.05) is 114 Å². The quantitative estimate of drug-likeness (QED) is 0.0616. The van der Waals surface area contributed by atoms with E-state index < -0.39 is 34.1 Å². The van der Waals surface area contributed by atoms with Gasteiger partial charge in [-0.2, -0.15) is 15.0 Å². The van der Waals surface area contributed by atoms with Crippen LogP contribution in [-0.2, 0) is 22.3 Å². The van der Waals surface area contributed by atoms with Crippen molar-refractivity contribution >= 4 is 103 Å². The van der Waals surface area contributed by atoms with Gasteiger partial charge in [0, 0.05) is 143 Å². The number of benzene rings is 4. The lowest BCUT2D eigenvalue weighted by Crippen LogP contribution is -2.44. The smallest absolute Gasteiger partial charge is 0.343 e. The molecule has 4 aliphatic rings. The highest BCUT2D eigenvalue weighted by Gasteiger charge is 2.27. The van der Waals surface area contributed by atoms with Crippen molar-refractivity contribution in [3.05, 3.63) is 187 Å². The summed E-state index contributed by atoms with van der Waals surface area (Å²) in [5.41, 5.74) is 15.0. The molecule has 25 heteroatoms. The highest BCUT2D eigenvalue weighted by Crippen LogP contribution is 2.34. The van der Waals surface area contributed by atoms with Gasteiger partial charge in [-0.15, -0.1) is 0 Å². The molecule has 14 rings (SSSR count). The van der Waals surface area contributed by atoms with Gasteiger partial charge in [0.25, 0.3) is 5.91 Å². The lowest BCUT2D eigenvalue weighted by atomic mass is 9.95. The minimum atomic E-state index is -0.778. The Kier molecular flexibility index (Phi) is 21.7. The monoisotopic (exact) mass is 1370 g/mol. The van der Waals surface area contributed by atoms with Gasteiger partial charge >= 0.3 is 11.9 Å². The van der Waals surface area contributed by atoms with Crippen molar-refractivity contribution in [3.8, 4) is 5.69 Å². The van der Waals surface area contributed by atoms with Gasteiger partial charge < -0.3 is 64.5 Å². The third-order valence-corrected chi connectivity index (χ3v) is 19.1. The van der Waals surface area contributed by atoms with Crippen molar-refractivity contribution in [3.63, 3.8) is 0 Å². The molecule has 3 aliphatic carbocycles. The number of amides is 1. The molecule has 0 bridgehead atoms. The Bertz CT molecular complexity index is 4860. The number of rotatable bonds is 17. The predicted octanol–water partition coefficient (Wildman–Crippen LogP) is 11.4. The number of esters is 2. The SMILES string of the molecule is CCOC(=O)c1cn(C2CCCCC2)c2nc(Nc3ccc(N(C)C)cc3)ncc2c1=O.CCOC(=O)c1cn(C2CCCCC2)c2nc(Nc3ccc(N4CCN(C)CC4)cc3)ncc2c1=O.CN(C)c1cccc(Nc2ncc3c(=O)c(C(N)=O)cn(-c4ccc5c(c4)CCC5)c3n2)c1. The average molecular weight is 1370 g/mol. The highest BCUT2D eigenvalue weighted by molar-refractivity contribution is 5.97. The van der Waals surface area contributed by atoms with Crippen molar-refractivity contribution in [2.24, 2.45) is 5.73 Å². The molecule has 0 radical (unpaired) electrons. The first kappa shape index (κ1) is 69.8. The van der Waals surface area contributed by atoms with Gasteiger partial charge in [-0.1, -0.05) is 50.7 Å². The average Bonchev–Trinajstić information content (AvgIpc) is 1.28. The number of primary amides is 1. The summed E-state index contributed by atoms with van der Waals surface area (Å²) in [5, 5.41) is 10.6. The summed E-state index contributed by atoms with van der Waals surface area (Å²) in [6, 6.07) is 30.6. The number of aryl methyl sites for hydroxylation is 2. The first-order valence-electron chi connectivity index (χ1n) is 34.8. The number of hydrogen-bond donors (Lipinski definition) is 4. The van der Waals surface area contributed by atoms with Gasteiger partial charge in [0.1, 0.15) is 28.0 Å². The molecule has 0 atom stereocenters. The van der Waals surface area contributed by atoms with E-state index in [1.165, 1.54) is 54.4 Å². The van der Waals surface area contributed by atoms with Crippen molar-refractivity contribution in [1.82, 2.24) is 48.5 Å². The zero-order valence-corrected chi connectivity index (χ0v) is 58.4. The van der Waals surface area contributed by atoms with Crippen LogP contribution in [0.15, 0.2) is 143 Å². The first-order chi connectivity index (χ1) is 48.9. The maximum Gasteiger partial charge on any atom is 0.343 e. The number of ether oxygens (including phenoxy) is 2. The van der Waals surface area contributed by atoms with Crippen LogP contribution >= 0.6 is 0 Å². The fraction of sp³-hybridized carbons (Fsp3) is 0.368. The first-order valence-corrected chi connectivity index (χ1v) is 34.8. The molecule has 0 spiro atoms. The molecule has 2 saturated carbocycles. The lowest BCUT2D eigenvalue weighted by Gasteiger charge is -2.34. The van der Waals surface area contributed by atoms with Crippen LogP contribution in [0.3, 0.4) is 0 Å². The molecule has 524 valence electrons. The summed E-state index contributed by atoms with van der Waals surface area (Å²) < 4.78 is 16.0. The molecular weight excluding hydrogens is 1280 g/mol. The standard InChI is InChI=1S/C27H34N6O3.C25H24N6O2.C24H29N5O3/c1-3-36-26(35)23-18-33(21-7-5-4-6-8-21)25-22(24(23)34)17-28-27(30-25)29-19-9-11-20(12-10-19)32-15-13-31(2)14-16-32;1-30(2)18-8-4-7-17(12-18)28-25-27-13-20-22(32)21(23(26)33)14-31(24(20)29-25)19-10-9-15-5-3-6-16(15)11-19;1-4-32-23(31)20-15-29(18-8-6-5-7-9-18)22-19(21(20)30)14-25-24(27-22)26-16-10-12-17(13-11-16)28(2)3/h9-12,17-18,21H,3-8,13-16H2,1-2H3,(H,28,29,30);4,7-14H,3,5-6H2,1-2H3,(H2,26,33)(H,27,28,29);10-15,18H,4-9H2,1-3H3,(H,25,26,27). The van der Waals surface area contributed by atoms with E-state index in [-0.39, 0.29) is 47.4 Å². The van der Waals surface area contributed by atoms with Gasteiger partial charge in [0.05, 0.1) is 29.4 Å². The van der Waals surface area contributed by atoms with E-state index in [1.54, 1.807) is 30.8 Å². The predicted molar refractivity (Wildman–Crippen MR) is 397 cm³/mol. The summed E-state index contributed by atoms with van der Waals surface area (Å²) in [6.07, 6.45) is 23.2. The summed E-state index contributed by atoms with van der Waals surface area (Å²) in [5.74, 6) is -0.812. The molecule has 1 amide bonds. The number of likely N-dealkylation sites (N-methyl/N-ethyl adjacent to an activating group) is 1. The number of hydrogen-bond acceptors (Lipinski definition) is 21. The molecule has 4 aromatic carbocycles. The molecule has 101 heavy (non-hydrogen) atoms. The summed E-state index contributed by atoms with van der Waals surface area (Å²) in [4.78, 5) is 112. The zero-order chi connectivity index (χ0) is 70.8. The van der Waals surface area contributed by atoms with Gasteiger partial charge in [0.2, 0.25) is 34.1 Å². The highest BCUT2D eigenvalue weighted by atomic mass is 16.5. The normalized spacial score (nSPS) is 14.8. The molecule has 3 fully saturated rings. The molecule has 0 unspecified atom stereocenters. The molecule has 1 aliphatic heterocycles. The maximum atomic E-state index is 13.1. The van der Waals surface area contributed by atoms with Crippen LogP contribution in [0.1, 0.15) is 139 Å². The zero-order valence-electron chi connectivity index (χ0n) is 58.4. The number of aromatic nitrogens is 9. The van der Waals surface area contributed by atoms with Crippen molar-refractivity contribution in [2.75, 3.05) is 105 Å². The number of nitrogens with zero attached hydrogens (tertiary/aromatic N) is 13. The van der Waals surface area contributed by atoms with E-state index in [9.17, 15) is 28.8 Å². The van der Waals surface area contributed by atoms with Crippen LogP contribution in [0.4, 0.5) is 52.0 Å². The maximum absolute atomic E-state index is 13.1. The van der Waals surface area contributed by atoms with Crippen LogP contribution in [0.5, 0.6) is 0 Å². The second-order valence-electron chi connectivity index (χ2n) is 26.4. The molecule has 10 aromatic rings. The van der Waals surface area contributed by atoms with Crippen LogP contribution < -0.4 is 52.7 Å². The van der Waals surface area contributed by atoms with Crippen LogP contribution in [0.25, 0.3) is 38.8 Å². The third-order valence-electron chi connectivity index (χ3n) is 19.1. The van der Waals surface area contributed by atoms with Crippen LogP contribution in [0.2, 0.25) is 0 Å². The summed E-state index contributed by atoms with van der Waals surface area (Å²) >= 11 is 0. The number of nitrogens with two attached hydrogens (primary N) is 1. The molecule has 6 aromatic heterocycles. The number of pyridine rings is 3. The fourth-order valence-electron chi connectivity index (χ4n) is 13.5. The topological polar surface area (TPSA) is 288 Å². The van der Waals surface area contributed by atoms with Crippen molar-refractivity contribution in [1.29, 1.82) is 0 Å². The summed E-state index contributed by atoms with van der Waals surface area (Å²) in [6.45, 7) is 8.05. The van der Waals surface area contributed by atoms with E-state index in [0.717, 1.165) is 131 Å². The Hall–Kier alpha value is -11.1. The Balaban J connectivity index is 0.000000144. The Labute approximate surface area is 585 Å². The van der Waals surface area contributed by atoms with E-state index in [2.05, 4.69) is 82.0 Å². The van der Waals surface area contributed by atoms with E-state index in [4.69, 9.17) is 20.2 Å². The van der Waals surface area contributed by atoms with Gasteiger partial charge in [-0.3, -0.25) is 19.2 Å². The second kappa shape index (κ2) is 31.4. The largest absolute Gasteiger partial charge is 0.462 e. The van der Waals surface area contributed by atoms with Gasteiger partial charge in [-0.25, -0.2) is 24.5 Å². The number of carbonyl (C=O) groups is 3. The number of anilines is 9. The van der Waals surface area contributed by atoms with Gasteiger partial charge in [-0.05, 0) is 156 Å². The van der Waals surface area contributed by atoms with E-state index >= 15 is 0 Å². The molecule has 5 N–H and O–H groups in total. The fourth-order valence-corrected chi connectivity index (χ4v) is 13.5. The van der Waals surface area contributed by atoms with E-state index in [0.29, 0.717) is 45.6 Å².